The minimum atomic E-state index is -0.962. The van der Waals surface area contributed by atoms with Crippen molar-refractivity contribution in [1.29, 1.82) is 0 Å². The first-order chi connectivity index (χ1) is 13.1. The van der Waals surface area contributed by atoms with Crippen LogP contribution in [0.2, 0.25) is 0 Å². The standard InChI is InChI=1S/C22H32N2O4/c1-14(2)20(27)23-17-11-10-15(3)18(12-17)24-21(28)22(4,13-19(25)26)16-8-6-5-7-9-16/h10-12,14,16H,5-9,13H2,1-4H3,(H,23,27)(H,24,28)(H,25,26). The van der Waals surface area contributed by atoms with Gasteiger partial charge in [-0.2, -0.15) is 0 Å². The zero-order valence-corrected chi connectivity index (χ0v) is 17.3. The number of benzene rings is 1. The number of aliphatic carboxylic acids is 1. The van der Waals surface area contributed by atoms with Crippen molar-refractivity contribution in [2.45, 2.75) is 66.2 Å². The SMILES string of the molecule is Cc1ccc(NC(=O)C(C)C)cc1NC(=O)C(C)(CC(=O)O)C1CCCCC1. The van der Waals surface area contributed by atoms with E-state index in [1.807, 2.05) is 26.8 Å². The molecule has 6 nitrogen and oxygen atoms in total. The van der Waals surface area contributed by atoms with E-state index in [1.54, 1.807) is 19.1 Å². The van der Waals surface area contributed by atoms with Crippen molar-refractivity contribution in [2.75, 3.05) is 10.6 Å². The van der Waals surface area contributed by atoms with Gasteiger partial charge in [0.1, 0.15) is 0 Å². The monoisotopic (exact) mass is 388 g/mol. The van der Waals surface area contributed by atoms with E-state index >= 15 is 0 Å². The molecule has 0 saturated heterocycles. The Hall–Kier alpha value is -2.37. The molecule has 1 atom stereocenters. The maximum absolute atomic E-state index is 13.2. The largest absolute Gasteiger partial charge is 0.481 e. The molecule has 0 aromatic heterocycles. The number of hydrogen-bond donors (Lipinski definition) is 3. The van der Waals surface area contributed by atoms with Gasteiger partial charge in [0.25, 0.3) is 0 Å². The number of carboxylic acid groups (broad SMARTS) is 1. The molecular weight excluding hydrogens is 356 g/mol. The van der Waals surface area contributed by atoms with Gasteiger partial charge in [-0.25, -0.2) is 0 Å². The summed E-state index contributed by atoms with van der Waals surface area (Å²) in [5.41, 5.74) is 1.10. The third-order valence-corrected chi connectivity index (χ3v) is 5.82. The molecule has 28 heavy (non-hydrogen) atoms. The van der Waals surface area contributed by atoms with Crippen LogP contribution in [0.25, 0.3) is 0 Å². The summed E-state index contributed by atoms with van der Waals surface area (Å²) in [6.07, 6.45) is 4.76. The van der Waals surface area contributed by atoms with Crippen LogP contribution in [-0.2, 0) is 14.4 Å². The van der Waals surface area contributed by atoms with Gasteiger partial charge in [-0.1, -0.05) is 39.2 Å². The summed E-state index contributed by atoms with van der Waals surface area (Å²) in [5.74, 6) is -1.42. The highest BCUT2D eigenvalue weighted by molar-refractivity contribution is 5.99. The molecule has 1 aliphatic rings. The number of carbonyl (C=O) groups is 3. The van der Waals surface area contributed by atoms with E-state index in [0.717, 1.165) is 37.7 Å². The van der Waals surface area contributed by atoms with Gasteiger partial charge in [-0.15, -0.1) is 0 Å². The molecule has 3 N–H and O–H groups in total. The minimum Gasteiger partial charge on any atom is -0.481 e. The second-order valence-electron chi connectivity index (χ2n) is 8.45. The molecule has 6 heteroatoms. The lowest BCUT2D eigenvalue weighted by molar-refractivity contribution is -0.145. The fourth-order valence-electron chi connectivity index (χ4n) is 3.85. The Kier molecular flexibility index (Phi) is 7.22. The molecule has 2 rings (SSSR count). The Labute approximate surface area is 167 Å². The Morgan fingerprint density at radius 2 is 1.79 bits per heavy atom. The van der Waals surface area contributed by atoms with Gasteiger partial charge >= 0.3 is 5.97 Å². The zero-order valence-electron chi connectivity index (χ0n) is 17.3. The number of nitrogens with one attached hydrogen (secondary N) is 2. The number of rotatable bonds is 7. The summed E-state index contributed by atoms with van der Waals surface area (Å²) < 4.78 is 0. The molecule has 0 aliphatic heterocycles. The lowest BCUT2D eigenvalue weighted by atomic mass is 9.67. The second-order valence-corrected chi connectivity index (χ2v) is 8.45. The van der Waals surface area contributed by atoms with Crippen LogP contribution >= 0.6 is 0 Å². The molecule has 154 valence electrons. The summed E-state index contributed by atoms with van der Waals surface area (Å²) in [6.45, 7) is 7.27. The number of aryl methyl sites for hydroxylation is 1. The van der Waals surface area contributed by atoms with Crippen LogP contribution in [0, 0.1) is 24.2 Å². The molecule has 0 heterocycles. The molecular formula is C22H32N2O4. The molecule has 0 spiro atoms. The van der Waals surface area contributed by atoms with Gasteiger partial charge in [-0.05, 0) is 50.3 Å². The lowest BCUT2D eigenvalue weighted by Gasteiger charge is -2.37. The number of carboxylic acids is 1. The predicted molar refractivity (Wildman–Crippen MR) is 110 cm³/mol. The second kappa shape index (κ2) is 9.22. The molecule has 0 bridgehead atoms. The van der Waals surface area contributed by atoms with Crippen molar-refractivity contribution in [3.8, 4) is 0 Å². The smallest absolute Gasteiger partial charge is 0.304 e. The van der Waals surface area contributed by atoms with Crippen LogP contribution in [-0.4, -0.2) is 22.9 Å². The predicted octanol–water partition coefficient (Wildman–Crippen LogP) is 4.59. The number of amides is 2. The van der Waals surface area contributed by atoms with E-state index in [4.69, 9.17) is 0 Å². The minimum absolute atomic E-state index is 0.0569. The van der Waals surface area contributed by atoms with Crippen LogP contribution in [0.5, 0.6) is 0 Å². The third-order valence-electron chi connectivity index (χ3n) is 5.82. The van der Waals surface area contributed by atoms with Crippen LogP contribution in [0.3, 0.4) is 0 Å². The zero-order chi connectivity index (χ0) is 20.9. The van der Waals surface area contributed by atoms with Crippen molar-refractivity contribution in [1.82, 2.24) is 0 Å². The van der Waals surface area contributed by atoms with Crippen molar-refractivity contribution < 1.29 is 19.5 Å². The molecule has 1 aromatic rings. The number of carbonyl (C=O) groups excluding carboxylic acids is 2. The molecule has 1 aromatic carbocycles. The Balaban J connectivity index is 2.24. The Bertz CT molecular complexity index is 738. The van der Waals surface area contributed by atoms with Crippen molar-refractivity contribution in [2.24, 2.45) is 17.3 Å². The van der Waals surface area contributed by atoms with Crippen LogP contribution in [0.15, 0.2) is 18.2 Å². The first-order valence-electron chi connectivity index (χ1n) is 10.1. The molecule has 1 saturated carbocycles. The van der Waals surface area contributed by atoms with E-state index in [-0.39, 0.29) is 30.1 Å². The molecule has 1 unspecified atom stereocenters. The van der Waals surface area contributed by atoms with Gasteiger partial charge in [-0.3, -0.25) is 14.4 Å². The summed E-state index contributed by atoms with van der Waals surface area (Å²) in [4.78, 5) is 36.6. The summed E-state index contributed by atoms with van der Waals surface area (Å²) in [6, 6.07) is 5.36. The molecule has 1 fully saturated rings. The quantitative estimate of drug-likeness (QED) is 0.636. The average Bonchev–Trinajstić information content (AvgIpc) is 2.64. The Morgan fingerprint density at radius 1 is 1.14 bits per heavy atom. The molecule has 1 aliphatic carbocycles. The van der Waals surface area contributed by atoms with Gasteiger partial charge < -0.3 is 15.7 Å². The van der Waals surface area contributed by atoms with E-state index in [0.29, 0.717) is 11.4 Å². The lowest BCUT2D eigenvalue weighted by Crippen LogP contribution is -2.42. The summed E-state index contributed by atoms with van der Waals surface area (Å²) in [7, 11) is 0. The van der Waals surface area contributed by atoms with Gasteiger partial charge in [0.15, 0.2) is 0 Å². The first-order valence-corrected chi connectivity index (χ1v) is 10.1. The fourth-order valence-corrected chi connectivity index (χ4v) is 3.85. The normalized spacial score (nSPS) is 17.0. The van der Waals surface area contributed by atoms with Crippen LogP contribution in [0.4, 0.5) is 11.4 Å². The van der Waals surface area contributed by atoms with E-state index in [1.165, 1.54) is 0 Å². The maximum Gasteiger partial charge on any atom is 0.304 e. The van der Waals surface area contributed by atoms with Crippen molar-refractivity contribution in [3.05, 3.63) is 23.8 Å². The van der Waals surface area contributed by atoms with Gasteiger partial charge in [0, 0.05) is 17.3 Å². The first kappa shape index (κ1) is 21.9. The highest BCUT2D eigenvalue weighted by Gasteiger charge is 2.43. The van der Waals surface area contributed by atoms with Crippen molar-refractivity contribution >= 4 is 29.2 Å². The third kappa shape index (κ3) is 5.33. The highest BCUT2D eigenvalue weighted by atomic mass is 16.4. The van der Waals surface area contributed by atoms with Crippen LogP contribution in [0.1, 0.15) is 64.9 Å². The van der Waals surface area contributed by atoms with Gasteiger partial charge in [0.2, 0.25) is 11.8 Å². The van der Waals surface area contributed by atoms with Crippen molar-refractivity contribution in [3.63, 3.8) is 0 Å². The van der Waals surface area contributed by atoms with Crippen LogP contribution < -0.4 is 10.6 Å². The van der Waals surface area contributed by atoms with Gasteiger partial charge in [0.05, 0.1) is 11.8 Å². The number of hydrogen-bond acceptors (Lipinski definition) is 3. The topological polar surface area (TPSA) is 95.5 Å². The van der Waals surface area contributed by atoms with E-state index < -0.39 is 11.4 Å². The molecule has 2 amide bonds. The average molecular weight is 389 g/mol. The molecule has 0 radical (unpaired) electrons. The summed E-state index contributed by atoms with van der Waals surface area (Å²) in [5, 5.41) is 15.2. The van der Waals surface area contributed by atoms with E-state index in [2.05, 4.69) is 10.6 Å². The maximum atomic E-state index is 13.2. The summed E-state index contributed by atoms with van der Waals surface area (Å²) >= 11 is 0. The highest BCUT2D eigenvalue weighted by Crippen LogP contribution is 2.42. The van der Waals surface area contributed by atoms with E-state index in [9.17, 15) is 19.5 Å². The fraction of sp³-hybridized carbons (Fsp3) is 0.591. The number of anilines is 2. The Morgan fingerprint density at radius 3 is 2.36 bits per heavy atom.